The van der Waals surface area contributed by atoms with Crippen LogP contribution in [0.4, 0.5) is 17.2 Å². The van der Waals surface area contributed by atoms with Gasteiger partial charge < -0.3 is 20.3 Å². The molecule has 8 heteroatoms. The fourth-order valence-electron chi connectivity index (χ4n) is 3.96. The Morgan fingerprint density at radius 3 is 2.69 bits per heavy atom. The fraction of sp³-hybridized carbons (Fsp3) is 0.222. The first-order chi connectivity index (χ1) is 17.0. The van der Waals surface area contributed by atoms with E-state index in [1.165, 1.54) is 0 Å². The van der Waals surface area contributed by atoms with Gasteiger partial charge in [-0.1, -0.05) is 12.1 Å². The second-order valence-electron chi connectivity index (χ2n) is 8.72. The monoisotopic (exact) mass is 467 g/mol. The number of aryl methyl sites for hydroxylation is 1. The number of hydrogen-bond acceptors (Lipinski definition) is 7. The summed E-state index contributed by atoms with van der Waals surface area (Å²) in [4.78, 5) is 11.9. The van der Waals surface area contributed by atoms with Crippen LogP contribution in [0.2, 0.25) is 0 Å². The Morgan fingerprint density at radius 1 is 0.971 bits per heavy atom. The number of nitrogens with zero attached hydrogens (tertiary/aromatic N) is 5. The maximum atomic E-state index is 5.99. The maximum Gasteiger partial charge on any atom is 0.162 e. The van der Waals surface area contributed by atoms with Gasteiger partial charge in [-0.3, -0.25) is 4.68 Å². The Morgan fingerprint density at radius 2 is 1.86 bits per heavy atom. The van der Waals surface area contributed by atoms with Crippen molar-refractivity contribution in [1.82, 2.24) is 24.6 Å². The molecule has 8 nitrogen and oxygen atoms in total. The second-order valence-corrected chi connectivity index (χ2v) is 8.72. The molecule has 2 heterocycles. The minimum atomic E-state index is 0.606. The predicted octanol–water partition coefficient (Wildman–Crippen LogP) is 4.91. The summed E-state index contributed by atoms with van der Waals surface area (Å²) in [6.07, 6.45) is 1.87. The summed E-state index contributed by atoms with van der Waals surface area (Å²) in [6.45, 7) is 1.44. The molecule has 0 saturated carbocycles. The van der Waals surface area contributed by atoms with Crippen LogP contribution >= 0.6 is 0 Å². The van der Waals surface area contributed by atoms with E-state index in [-0.39, 0.29) is 0 Å². The molecule has 0 unspecified atom stereocenters. The van der Waals surface area contributed by atoms with Crippen molar-refractivity contribution in [3.8, 4) is 17.1 Å². The molecule has 178 valence electrons. The van der Waals surface area contributed by atoms with Crippen molar-refractivity contribution in [2.75, 3.05) is 44.9 Å². The van der Waals surface area contributed by atoms with Gasteiger partial charge in [-0.05, 0) is 62.6 Å². The van der Waals surface area contributed by atoms with Crippen molar-refractivity contribution < 1.29 is 4.74 Å². The van der Waals surface area contributed by atoms with E-state index in [1.807, 2.05) is 87.6 Å². The molecule has 0 fully saturated rings. The number of fused-ring (bicyclic) bond motifs is 2. The summed E-state index contributed by atoms with van der Waals surface area (Å²) in [5, 5.41) is 13.0. The average molecular weight is 468 g/mol. The van der Waals surface area contributed by atoms with Crippen LogP contribution in [0.3, 0.4) is 0 Å². The highest BCUT2D eigenvalue weighted by atomic mass is 16.5. The summed E-state index contributed by atoms with van der Waals surface area (Å²) in [5.41, 5.74) is 4.79. The third kappa shape index (κ3) is 4.88. The van der Waals surface area contributed by atoms with Crippen LogP contribution in [-0.2, 0) is 7.05 Å². The van der Waals surface area contributed by atoms with Crippen molar-refractivity contribution in [3.05, 3.63) is 66.9 Å². The lowest BCUT2D eigenvalue weighted by atomic mass is 10.1. The molecule has 2 N–H and O–H groups in total. The zero-order valence-corrected chi connectivity index (χ0v) is 20.4. The molecule has 35 heavy (non-hydrogen) atoms. The first-order valence-electron chi connectivity index (χ1n) is 11.6. The molecular formula is C27H29N7O. The molecule has 2 aromatic heterocycles. The molecule has 0 radical (unpaired) electrons. The Labute approximate surface area is 204 Å². The summed E-state index contributed by atoms with van der Waals surface area (Å²) in [5.74, 6) is 2.17. The quantitative estimate of drug-likeness (QED) is 0.336. The molecule has 5 aromatic rings. The molecule has 0 saturated heterocycles. The normalized spacial score (nSPS) is 11.3. The van der Waals surface area contributed by atoms with Gasteiger partial charge in [0, 0.05) is 48.4 Å². The first kappa shape index (κ1) is 22.6. The van der Waals surface area contributed by atoms with Crippen molar-refractivity contribution in [1.29, 1.82) is 0 Å². The number of aromatic nitrogens is 4. The lowest BCUT2D eigenvalue weighted by molar-refractivity contribution is 0.261. The Hall–Kier alpha value is -4.17. The second kappa shape index (κ2) is 9.60. The Kier molecular flexibility index (Phi) is 6.20. The number of anilines is 3. The standard InChI is InChI=1S/C27H29N7O/c1-28-20-7-5-6-18(14-20)26-31-24-10-9-22(35-13-12-33(2)3)16-23(24)27(32-26)30-21-8-11-25-19(15-21)17-29-34(25)4/h5-11,14-17,28H,12-13H2,1-4H3,(H,30,31,32). The van der Waals surface area contributed by atoms with Gasteiger partial charge in [-0.15, -0.1) is 0 Å². The number of rotatable bonds is 8. The van der Waals surface area contributed by atoms with Crippen molar-refractivity contribution in [2.45, 2.75) is 0 Å². The minimum absolute atomic E-state index is 0.606. The average Bonchev–Trinajstić information content (AvgIpc) is 3.23. The smallest absolute Gasteiger partial charge is 0.162 e. The van der Waals surface area contributed by atoms with E-state index < -0.39 is 0 Å². The lowest BCUT2D eigenvalue weighted by Gasteiger charge is -2.14. The Bertz CT molecular complexity index is 1490. The molecule has 0 aliphatic heterocycles. The SMILES string of the molecule is CNc1cccc(-c2nc(Nc3ccc4c(cnn4C)c3)c3cc(OCCN(C)C)ccc3n2)c1. The highest BCUT2D eigenvalue weighted by Crippen LogP contribution is 2.31. The maximum absolute atomic E-state index is 5.99. The lowest BCUT2D eigenvalue weighted by Crippen LogP contribution is -2.19. The van der Waals surface area contributed by atoms with Crippen LogP contribution < -0.4 is 15.4 Å². The molecule has 0 atom stereocenters. The number of nitrogens with one attached hydrogen (secondary N) is 2. The zero-order valence-electron chi connectivity index (χ0n) is 20.4. The number of hydrogen-bond donors (Lipinski definition) is 2. The van der Waals surface area contributed by atoms with Crippen molar-refractivity contribution >= 4 is 39.0 Å². The van der Waals surface area contributed by atoms with Crippen LogP contribution in [0, 0.1) is 0 Å². The summed E-state index contributed by atoms with van der Waals surface area (Å²) >= 11 is 0. The van der Waals surface area contributed by atoms with E-state index in [4.69, 9.17) is 14.7 Å². The van der Waals surface area contributed by atoms with Gasteiger partial charge in [0.05, 0.1) is 17.2 Å². The van der Waals surface area contributed by atoms with Gasteiger partial charge in [0.1, 0.15) is 18.2 Å². The van der Waals surface area contributed by atoms with Crippen LogP contribution in [0.25, 0.3) is 33.2 Å². The highest BCUT2D eigenvalue weighted by Gasteiger charge is 2.13. The van der Waals surface area contributed by atoms with Gasteiger partial charge in [-0.2, -0.15) is 5.10 Å². The first-order valence-corrected chi connectivity index (χ1v) is 11.6. The van der Waals surface area contributed by atoms with Crippen molar-refractivity contribution in [3.63, 3.8) is 0 Å². The zero-order chi connectivity index (χ0) is 24.4. The van der Waals surface area contributed by atoms with Crippen LogP contribution in [0.15, 0.2) is 66.9 Å². The third-order valence-corrected chi connectivity index (χ3v) is 5.89. The molecule has 0 aliphatic carbocycles. The molecule has 0 aliphatic rings. The third-order valence-electron chi connectivity index (χ3n) is 5.89. The van der Waals surface area contributed by atoms with Crippen LogP contribution in [0.1, 0.15) is 0 Å². The molecular weight excluding hydrogens is 438 g/mol. The van der Waals surface area contributed by atoms with Gasteiger partial charge in [-0.25, -0.2) is 9.97 Å². The summed E-state index contributed by atoms with van der Waals surface area (Å²) < 4.78 is 7.86. The largest absolute Gasteiger partial charge is 0.492 e. The predicted molar refractivity (Wildman–Crippen MR) is 143 cm³/mol. The minimum Gasteiger partial charge on any atom is -0.492 e. The molecule has 3 aromatic carbocycles. The van der Waals surface area contributed by atoms with Gasteiger partial charge in [0.25, 0.3) is 0 Å². The molecule has 0 bridgehead atoms. The van der Waals surface area contributed by atoms with E-state index in [1.54, 1.807) is 0 Å². The van der Waals surface area contributed by atoms with E-state index >= 15 is 0 Å². The van der Waals surface area contributed by atoms with E-state index in [0.29, 0.717) is 12.4 Å². The number of likely N-dealkylation sites (N-methyl/N-ethyl adjacent to an activating group) is 1. The van der Waals surface area contributed by atoms with E-state index in [2.05, 4.69) is 32.8 Å². The van der Waals surface area contributed by atoms with E-state index in [9.17, 15) is 0 Å². The van der Waals surface area contributed by atoms with Gasteiger partial charge >= 0.3 is 0 Å². The Balaban J connectivity index is 1.58. The fourth-order valence-corrected chi connectivity index (χ4v) is 3.96. The van der Waals surface area contributed by atoms with Gasteiger partial charge in [0.15, 0.2) is 5.82 Å². The van der Waals surface area contributed by atoms with Crippen LogP contribution in [0.5, 0.6) is 5.75 Å². The number of ether oxygens (including phenoxy) is 1. The molecule has 0 spiro atoms. The summed E-state index contributed by atoms with van der Waals surface area (Å²) in [7, 11) is 7.91. The van der Waals surface area contributed by atoms with Gasteiger partial charge in [0.2, 0.25) is 0 Å². The summed E-state index contributed by atoms with van der Waals surface area (Å²) in [6, 6.07) is 20.2. The molecule has 5 rings (SSSR count). The number of benzene rings is 3. The highest BCUT2D eigenvalue weighted by molar-refractivity contribution is 5.94. The molecule has 0 amide bonds. The van der Waals surface area contributed by atoms with Crippen LogP contribution in [-0.4, -0.2) is 58.9 Å². The topological polar surface area (TPSA) is 80.1 Å². The van der Waals surface area contributed by atoms with Crippen molar-refractivity contribution in [2.24, 2.45) is 7.05 Å². The van der Waals surface area contributed by atoms with E-state index in [0.717, 1.165) is 56.9 Å².